The second-order valence-electron chi connectivity index (χ2n) is 5.44. The number of aromatic carboxylic acids is 1. The number of carboxylic acids is 1. The molecule has 0 bridgehead atoms. The highest BCUT2D eigenvalue weighted by molar-refractivity contribution is 7.89. The van der Waals surface area contributed by atoms with Gasteiger partial charge in [-0.05, 0) is 37.0 Å². The molecule has 7 heteroatoms. The van der Waals surface area contributed by atoms with Crippen molar-refractivity contribution in [2.24, 2.45) is 5.92 Å². The minimum Gasteiger partial charge on any atom is -0.478 e. The Balaban J connectivity index is 2.27. The lowest BCUT2D eigenvalue weighted by molar-refractivity contribution is 0.0691. The first-order valence-electron chi connectivity index (χ1n) is 6.86. The van der Waals surface area contributed by atoms with Crippen LogP contribution in [0.1, 0.15) is 43.0 Å². The van der Waals surface area contributed by atoms with Gasteiger partial charge in [0.15, 0.2) is 0 Å². The van der Waals surface area contributed by atoms with Crippen molar-refractivity contribution in [3.8, 4) is 0 Å². The molecule has 21 heavy (non-hydrogen) atoms. The highest BCUT2D eigenvalue weighted by Crippen LogP contribution is 2.25. The van der Waals surface area contributed by atoms with E-state index < -0.39 is 27.4 Å². The third-order valence-corrected chi connectivity index (χ3v) is 5.38. The number of carbonyl (C=O) groups is 1. The number of benzene rings is 1. The summed E-state index contributed by atoms with van der Waals surface area (Å²) in [6.07, 6.45) is 3.75. The Labute approximate surface area is 123 Å². The predicted molar refractivity (Wildman–Crippen MR) is 75.1 cm³/mol. The minimum absolute atomic E-state index is 0.165. The Bertz CT molecular complexity index is 644. The molecule has 0 radical (unpaired) electrons. The van der Waals surface area contributed by atoms with E-state index in [1.54, 1.807) is 0 Å². The van der Waals surface area contributed by atoms with Gasteiger partial charge in [0, 0.05) is 6.04 Å². The number of sulfonamides is 1. The van der Waals surface area contributed by atoms with Crippen molar-refractivity contribution in [3.05, 3.63) is 29.6 Å². The van der Waals surface area contributed by atoms with Crippen LogP contribution in [0.15, 0.2) is 23.1 Å². The topological polar surface area (TPSA) is 83.5 Å². The average molecular weight is 315 g/mol. The molecule has 0 amide bonds. The van der Waals surface area contributed by atoms with E-state index in [1.807, 2.05) is 6.92 Å². The van der Waals surface area contributed by atoms with E-state index in [2.05, 4.69) is 4.72 Å². The van der Waals surface area contributed by atoms with Gasteiger partial charge in [-0.2, -0.15) is 0 Å². The number of carboxylic acid groups (broad SMARTS) is 1. The molecule has 2 unspecified atom stereocenters. The largest absolute Gasteiger partial charge is 0.478 e. The fraction of sp³-hybridized carbons (Fsp3) is 0.500. The van der Waals surface area contributed by atoms with Crippen LogP contribution in [0.5, 0.6) is 0 Å². The number of hydrogen-bond donors (Lipinski definition) is 2. The fourth-order valence-corrected chi connectivity index (χ4v) is 4.00. The molecule has 2 rings (SSSR count). The molecule has 0 aromatic heterocycles. The second-order valence-corrected chi connectivity index (χ2v) is 7.15. The maximum atomic E-state index is 13.3. The van der Waals surface area contributed by atoms with Crippen LogP contribution in [-0.4, -0.2) is 25.5 Å². The molecular formula is C14H18FNO4S. The Morgan fingerprint density at radius 1 is 1.33 bits per heavy atom. The molecule has 1 aromatic rings. The third kappa shape index (κ3) is 3.59. The number of hydrogen-bond acceptors (Lipinski definition) is 3. The first kappa shape index (κ1) is 15.9. The van der Waals surface area contributed by atoms with Gasteiger partial charge in [0.2, 0.25) is 10.0 Å². The number of nitrogens with one attached hydrogen (secondary N) is 1. The maximum absolute atomic E-state index is 13.3. The Morgan fingerprint density at radius 3 is 2.62 bits per heavy atom. The molecule has 1 aromatic carbocycles. The molecule has 1 aliphatic rings. The normalized spacial score (nSPS) is 23.0. The van der Waals surface area contributed by atoms with Gasteiger partial charge in [0.25, 0.3) is 0 Å². The Kier molecular flexibility index (Phi) is 4.63. The standard InChI is InChI=1S/C14H18FNO4S/c1-9-4-2-3-5-13(9)16-21(19,20)10-6-7-12(15)11(8-10)14(17)18/h6-9,13,16H,2-5H2,1H3,(H,17,18). The van der Waals surface area contributed by atoms with Crippen LogP contribution < -0.4 is 4.72 Å². The van der Waals surface area contributed by atoms with Crippen LogP contribution >= 0.6 is 0 Å². The highest BCUT2D eigenvalue weighted by Gasteiger charge is 2.27. The van der Waals surface area contributed by atoms with Crippen LogP contribution in [0.25, 0.3) is 0 Å². The van der Waals surface area contributed by atoms with Crippen molar-refractivity contribution in [1.29, 1.82) is 0 Å². The van der Waals surface area contributed by atoms with Gasteiger partial charge in [-0.25, -0.2) is 22.3 Å². The van der Waals surface area contributed by atoms with Crippen LogP contribution in [0.4, 0.5) is 4.39 Å². The van der Waals surface area contributed by atoms with Crippen LogP contribution in [0, 0.1) is 11.7 Å². The van der Waals surface area contributed by atoms with Crippen LogP contribution in [-0.2, 0) is 10.0 Å². The first-order chi connectivity index (χ1) is 9.81. The van der Waals surface area contributed by atoms with Gasteiger partial charge < -0.3 is 5.11 Å². The molecule has 0 saturated heterocycles. The number of halogens is 1. The zero-order valence-electron chi connectivity index (χ0n) is 11.7. The summed E-state index contributed by atoms with van der Waals surface area (Å²) in [6, 6.07) is 2.63. The van der Waals surface area contributed by atoms with Crippen LogP contribution in [0.2, 0.25) is 0 Å². The third-order valence-electron chi connectivity index (χ3n) is 3.90. The van der Waals surface area contributed by atoms with Crippen molar-refractivity contribution in [1.82, 2.24) is 4.72 Å². The van der Waals surface area contributed by atoms with Gasteiger partial charge >= 0.3 is 5.97 Å². The lowest BCUT2D eigenvalue weighted by Crippen LogP contribution is -2.41. The number of rotatable bonds is 4. The Morgan fingerprint density at radius 2 is 2.00 bits per heavy atom. The molecule has 0 heterocycles. The van der Waals surface area contributed by atoms with E-state index in [0.29, 0.717) is 0 Å². The van der Waals surface area contributed by atoms with E-state index in [1.165, 1.54) is 0 Å². The lowest BCUT2D eigenvalue weighted by atomic mass is 9.87. The molecule has 0 spiro atoms. The van der Waals surface area contributed by atoms with Gasteiger partial charge in [0.1, 0.15) is 5.82 Å². The van der Waals surface area contributed by atoms with Gasteiger partial charge in [-0.15, -0.1) is 0 Å². The molecule has 2 N–H and O–H groups in total. The van der Waals surface area contributed by atoms with Crippen molar-refractivity contribution >= 4 is 16.0 Å². The highest BCUT2D eigenvalue weighted by atomic mass is 32.2. The van der Waals surface area contributed by atoms with E-state index in [0.717, 1.165) is 43.9 Å². The molecular weight excluding hydrogens is 297 g/mol. The van der Waals surface area contributed by atoms with E-state index in [9.17, 15) is 17.6 Å². The molecule has 0 aliphatic heterocycles. The van der Waals surface area contributed by atoms with Gasteiger partial charge in [-0.1, -0.05) is 19.8 Å². The molecule has 1 fully saturated rings. The summed E-state index contributed by atoms with van der Waals surface area (Å²) >= 11 is 0. The van der Waals surface area contributed by atoms with E-state index >= 15 is 0 Å². The smallest absolute Gasteiger partial charge is 0.338 e. The monoisotopic (exact) mass is 315 g/mol. The lowest BCUT2D eigenvalue weighted by Gasteiger charge is -2.29. The van der Waals surface area contributed by atoms with E-state index in [-0.39, 0.29) is 16.9 Å². The summed E-state index contributed by atoms with van der Waals surface area (Å²) in [5, 5.41) is 8.86. The van der Waals surface area contributed by atoms with Gasteiger partial charge in [-0.3, -0.25) is 0 Å². The summed E-state index contributed by atoms with van der Waals surface area (Å²) in [4.78, 5) is 10.7. The van der Waals surface area contributed by atoms with Crippen molar-refractivity contribution in [2.75, 3.05) is 0 Å². The second kappa shape index (κ2) is 6.11. The maximum Gasteiger partial charge on any atom is 0.338 e. The SMILES string of the molecule is CC1CCCCC1NS(=O)(=O)c1ccc(F)c(C(=O)O)c1. The summed E-state index contributed by atoms with van der Waals surface area (Å²) in [6.45, 7) is 1.99. The molecule has 2 atom stereocenters. The van der Waals surface area contributed by atoms with Crippen molar-refractivity contribution < 1.29 is 22.7 Å². The van der Waals surface area contributed by atoms with Crippen molar-refractivity contribution in [2.45, 2.75) is 43.5 Å². The molecule has 1 saturated carbocycles. The predicted octanol–water partition coefficient (Wildman–Crippen LogP) is 2.38. The van der Waals surface area contributed by atoms with Crippen molar-refractivity contribution in [3.63, 3.8) is 0 Å². The molecule has 116 valence electrons. The summed E-state index contributed by atoms with van der Waals surface area (Å²) in [5.74, 6) is -2.21. The Hall–Kier alpha value is -1.47. The fourth-order valence-electron chi connectivity index (χ4n) is 2.59. The zero-order valence-corrected chi connectivity index (χ0v) is 12.5. The first-order valence-corrected chi connectivity index (χ1v) is 8.35. The van der Waals surface area contributed by atoms with Gasteiger partial charge in [0.05, 0.1) is 10.5 Å². The summed E-state index contributed by atoms with van der Waals surface area (Å²) in [7, 11) is -3.85. The molecule has 1 aliphatic carbocycles. The average Bonchev–Trinajstić information content (AvgIpc) is 2.41. The summed E-state index contributed by atoms with van der Waals surface area (Å²) in [5.41, 5.74) is -0.644. The minimum atomic E-state index is -3.85. The molecule has 5 nitrogen and oxygen atoms in total. The summed E-state index contributed by atoms with van der Waals surface area (Å²) < 4.78 is 40.5. The van der Waals surface area contributed by atoms with E-state index in [4.69, 9.17) is 5.11 Å². The quantitative estimate of drug-likeness (QED) is 0.893. The zero-order chi connectivity index (χ0) is 15.6. The van der Waals surface area contributed by atoms with Crippen LogP contribution in [0.3, 0.4) is 0 Å².